The lowest BCUT2D eigenvalue weighted by molar-refractivity contribution is 0.0683. The van der Waals surface area contributed by atoms with Crippen LogP contribution in [0.1, 0.15) is 38.6 Å². The Kier molecular flexibility index (Phi) is 7.89. The molecule has 0 spiro atoms. The molecule has 1 N–H and O–H groups in total. The Morgan fingerprint density at radius 2 is 2.00 bits per heavy atom. The van der Waals surface area contributed by atoms with Crippen LogP contribution < -0.4 is 15.0 Å². The van der Waals surface area contributed by atoms with Gasteiger partial charge in [0, 0.05) is 39.3 Å². The van der Waals surface area contributed by atoms with Crippen molar-refractivity contribution in [3.05, 3.63) is 36.0 Å². The third-order valence-electron chi connectivity index (χ3n) is 4.97. The zero-order chi connectivity index (χ0) is 21.3. The molecule has 0 saturated carbocycles. The van der Waals surface area contributed by atoms with Crippen LogP contribution in [0.25, 0.3) is 0 Å². The Balaban J connectivity index is 1.61. The molecule has 9 nitrogen and oxygen atoms in total. The molecule has 2 heterocycles. The molecule has 0 amide bonds. The van der Waals surface area contributed by atoms with Gasteiger partial charge in [0.1, 0.15) is 18.4 Å². The number of methoxy groups -OCH3 is 1. The molecule has 1 atom stereocenters. The maximum Gasteiger partial charge on any atom is 0.248 e. The van der Waals surface area contributed by atoms with Crippen molar-refractivity contribution in [1.82, 2.24) is 20.4 Å². The number of benzene rings is 1. The second kappa shape index (κ2) is 10.8. The van der Waals surface area contributed by atoms with E-state index in [-0.39, 0.29) is 6.10 Å². The SMILES string of the molecule is CCNC(=NCc1nc(C(C)OCC)no1)N1CCN(c2ccccc2OC)CC1. The van der Waals surface area contributed by atoms with Gasteiger partial charge in [0.2, 0.25) is 5.89 Å². The van der Waals surface area contributed by atoms with E-state index >= 15 is 0 Å². The average molecular weight is 417 g/mol. The summed E-state index contributed by atoms with van der Waals surface area (Å²) in [6.45, 7) is 11.2. The van der Waals surface area contributed by atoms with Crippen LogP contribution in [0.4, 0.5) is 5.69 Å². The van der Waals surface area contributed by atoms with Crippen molar-refractivity contribution >= 4 is 11.6 Å². The number of aliphatic imine (C=N–C) groups is 1. The summed E-state index contributed by atoms with van der Waals surface area (Å²) in [7, 11) is 1.71. The minimum atomic E-state index is -0.187. The highest BCUT2D eigenvalue weighted by molar-refractivity contribution is 5.80. The van der Waals surface area contributed by atoms with Crippen LogP contribution in [-0.4, -0.2) is 67.4 Å². The first kappa shape index (κ1) is 21.9. The standard InChI is InChI=1S/C21H32N6O3/c1-5-22-21(23-15-19-24-20(25-30-19)16(3)29-6-2)27-13-11-26(12-14-27)17-9-7-8-10-18(17)28-4/h7-10,16H,5-6,11-15H2,1-4H3,(H,22,23). The molecule has 1 aliphatic rings. The molecule has 1 fully saturated rings. The maximum absolute atomic E-state index is 5.51. The van der Waals surface area contributed by atoms with Crippen LogP contribution in [0.5, 0.6) is 5.75 Å². The lowest BCUT2D eigenvalue weighted by Crippen LogP contribution is -2.52. The molecule has 1 unspecified atom stereocenters. The first-order valence-electron chi connectivity index (χ1n) is 10.5. The van der Waals surface area contributed by atoms with E-state index in [9.17, 15) is 0 Å². The van der Waals surface area contributed by atoms with E-state index in [1.165, 1.54) is 0 Å². The summed E-state index contributed by atoms with van der Waals surface area (Å²) in [5.41, 5.74) is 1.13. The molecule has 1 saturated heterocycles. The predicted octanol–water partition coefficient (Wildman–Crippen LogP) is 2.46. The topological polar surface area (TPSA) is 88.2 Å². The van der Waals surface area contributed by atoms with E-state index in [1.54, 1.807) is 7.11 Å². The molecule has 0 bridgehead atoms. The van der Waals surface area contributed by atoms with E-state index in [4.69, 9.17) is 19.0 Å². The summed E-state index contributed by atoms with van der Waals surface area (Å²) in [6.07, 6.45) is -0.187. The second-order valence-corrected chi connectivity index (χ2v) is 6.96. The predicted molar refractivity (Wildman–Crippen MR) is 116 cm³/mol. The molecule has 30 heavy (non-hydrogen) atoms. The summed E-state index contributed by atoms with van der Waals surface area (Å²) < 4.78 is 16.3. The van der Waals surface area contributed by atoms with Gasteiger partial charge >= 0.3 is 0 Å². The van der Waals surface area contributed by atoms with Crippen LogP contribution in [0.3, 0.4) is 0 Å². The van der Waals surface area contributed by atoms with Crippen molar-refractivity contribution in [1.29, 1.82) is 0 Å². The first-order chi connectivity index (χ1) is 14.7. The highest BCUT2D eigenvalue weighted by Gasteiger charge is 2.22. The minimum Gasteiger partial charge on any atom is -0.495 e. The van der Waals surface area contributed by atoms with Crippen LogP contribution >= 0.6 is 0 Å². The van der Waals surface area contributed by atoms with Gasteiger partial charge in [0.05, 0.1) is 12.8 Å². The monoisotopic (exact) mass is 416 g/mol. The van der Waals surface area contributed by atoms with Crippen LogP contribution in [0, 0.1) is 0 Å². The van der Waals surface area contributed by atoms with Gasteiger partial charge in [0.25, 0.3) is 0 Å². The first-order valence-corrected chi connectivity index (χ1v) is 10.5. The van der Waals surface area contributed by atoms with Gasteiger partial charge in [-0.25, -0.2) is 4.99 Å². The van der Waals surface area contributed by atoms with Crippen molar-refractivity contribution in [3.63, 3.8) is 0 Å². The molecule has 3 rings (SSSR count). The number of hydrogen-bond acceptors (Lipinski definition) is 7. The lowest BCUT2D eigenvalue weighted by Gasteiger charge is -2.38. The highest BCUT2D eigenvalue weighted by Crippen LogP contribution is 2.28. The zero-order valence-corrected chi connectivity index (χ0v) is 18.3. The molecule has 0 radical (unpaired) electrons. The Morgan fingerprint density at radius 1 is 1.23 bits per heavy atom. The van der Waals surface area contributed by atoms with E-state index in [1.807, 2.05) is 32.0 Å². The van der Waals surface area contributed by atoms with Crippen molar-refractivity contribution in [2.75, 3.05) is 51.3 Å². The Hall–Kier alpha value is -2.81. The number of ether oxygens (including phenoxy) is 2. The smallest absolute Gasteiger partial charge is 0.248 e. The van der Waals surface area contributed by atoms with Gasteiger partial charge in [-0.05, 0) is 32.9 Å². The van der Waals surface area contributed by atoms with E-state index in [0.29, 0.717) is 24.9 Å². The number of rotatable bonds is 8. The fourth-order valence-electron chi connectivity index (χ4n) is 3.44. The van der Waals surface area contributed by atoms with Crippen molar-refractivity contribution in [2.24, 2.45) is 4.99 Å². The second-order valence-electron chi connectivity index (χ2n) is 6.96. The molecular weight excluding hydrogens is 384 g/mol. The number of hydrogen-bond donors (Lipinski definition) is 1. The molecular formula is C21H32N6O3. The average Bonchev–Trinajstić information content (AvgIpc) is 3.26. The Morgan fingerprint density at radius 3 is 2.70 bits per heavy atom. The van der Waals surface area contributed by atoms with E-state index < -0.39 is 0 Å². The molecule has 1 aromatic heterocycles. The van der Waals surface area contributed by atoms with Crippen molar-refractivity contribution in [2.45, 2.75) is 33.4 Å². The van der Waals surface area contributed by atoms with Crippen LogP contribution in [0.15, 0.2) is 33.8 Å². The highest BCUT2D eigenvalue weighted by atomic mass is 16.5. The summed E-state index contributed by atoms with van der Waals surface area (Å²) in [5, 5.41) is 7.37. The summed E-state index contributed by atoms with van der Waals surface area (Å²) >= 11 is 0. The largest absolute Gasteiger partial charge is 0.495 e. The summed E-state index contributed by atoms with van der Waals surface area (Å²) in [4.78, 5) is 13.7. The molecule has 2 aromatic rings. The van der Waals surface area contributed by atoms with Gasteiger partial charge < -0.3 is 29.1 Å². The number of nitrogens with one attached hydrogen (secondary N) is 1. The number of piperazine rings is 1. The molecule has 164 valence electrons. The fourth-order valence-corrected chi connectivity index (χ4v) is 3.44. The number of para-hydroxylation sites is 2. The van der Waals surface area contributed by atoms with Gasteiger partial charge in [-0.3, -0.25) is 0 Å². The number of aromatic nitrogens is 2. The van der Waals surface area contributed by atoms with E-state index in [0.717, 1.165) is 50.1 Å². The number of nitrogens with zero attached hydrogens (tertiary/aromatic N) is 5. The van der Waals surface area contributed by atoms with Gasteiger partial charge in [-0.1, -0.05) is 17.3 Å². The lowest BCUT2D eigenvalue weighted by atomic mass is 10.2. The Bertz CT molecular complexity index is 817. The quantitative estimate of drug-likeness (QED) is 0.519. The zero-order valence-electron chi connectivity index (χ0n) is 18.3. The van der Waals surface area contributed by atoms with Crippen molar-refractivity contribution < 1.29 is 14.0 Å². The van der Waals surface area contributed by atoms with Crippen LogP contribution in [-0.2, 0) is 11.3 Å². The molecule has 1 aliphatic heterocycles. The van der Waals surface area contributed by atoms with Gasteiger partial charge in [-0.15, -0.1) is 0 Å². The summed E-state index contributed by atoms with van der Waals surface area (Å²) in [5.74, 6) is 2.80. The van der Waals surface area contributed by atoms with Gasteiger partial charge in [-0.2, -0.15) is 4.98 Å². The molecule has 9 heteroatoms. The number of anilines is 1. The third-order valence-corrected chi connectivity index (χ3v) is 4.97. The number of guanidine groups is 1. The fraction of sp³-hybridized carbons (Fsp3) is 0.571. The molecule has 1 aromatic carbocycles. The maximum atomic E-state index is 5.51. The normalized spacial score (nSPS) is 15.9. The Labute approximate surface area is 178 Å². The van der Waals surface area contributed by atoms with Crippen LogP contribution in [0.2, 0.25) is 0 Å². The van der Waals surface area contributed by atoms with Crippen molar-refractivity contribution in [3.8, 4) is 5.75 Å². The van der Waals surface area contributed by atoms with E-state index in [2.05, 4.69) is 38.2 Å². The van der Waals surface area contributed by atoms with Gasteiger partial charge in [0.15, 0.2) is 11.8 Å². The summed E-state index contributed by atoms with van der Waals surface area (Å²) in [6, 6.07) is 8.13. The minimum absolute atomic E-state index is 0.187. The third kappa shape index (κ3) is 5.41. The molecule has 0 aliphatic carbocycles.